The molecule has 346 valence electrons. The van der Waals surface area contributed by atoms with Crippen LogP contribution in [-0.4, -0.2) is 114 Å². The summed E-state index contributed by atoms with van der Waals surface area (Å²) in [4.78, 5) is 37.6. The van der Waals surface area contributed by atoms with Crippen LogP contribution < -0.4 is 0 Å². The van der Waals surface area contributed by atoms with E-state index in [9.17, 15) is 14.4 Å². The number of carbonyl (C=O) groups is 3. The second kappa shape index (κ2) is 21.9. The highest BCUT2D eigenvalue weighted by molar-refractivity contribution is 6.76. The first-order valence-electron chi connectivity index (χ1n) is 21.5. The van der Waals surface area contributed by atoms with Crippen LogP contribution in [0.5, 0.6) is 0 Å². The molecule has 4 fully saturated rings. The minimum atomic E-state index is -2.06. The van der Waals surface area contributed by atoms with Crippen LogP contribution in [0.15, 0.2) is 0 Å². The first kappa shape index (κ1) is 51.1. The summed E-state index contributed by atoms with van der Waals surface area (Å²) in [5.41, 5.74) is 0. The van der Waals surface area contributed by atoms with Crippen LogP contribution in [0.3, 0.4) is 0 Å². The van der Waals surface area contributed by atoms with Gasteiger partial charge in [-0.15, -0.1) is 0 Å². The van der Waals surface area contributed by atoms with Gasteiger partial charge in [0.1, 0.15) is 0 Å². The van der Waals surface area contributed by atoms with Crippen molar-refractivity contribution in [3.8, 4) is 0 Å². The summed E-state index contributed by atoms with van der Waals surface area (Å²) in [5.74, 6) is -3.50. The number of hydrogen-bond donors (Lipinski definition) is 1. The lowest BCUT2D eigenvalue weighted by Crippen LogP contribution is -2.63. The highest BCUT2D eigenvalue weighted by Gasteiger charge is 2.55. The fourth-order valence-corrected chi connectivity index (χ4v) is 9.12. The minimum Gasteiger partial charge on any atom is -0.457 e. The quantitative estimate of drug-likeness (QED) is 0.0591. The highest BCUT2D eigenvalue weighted by Crippen LogP contribution is 2.43. The van der Waals surface area contributed by atoms with Crippen LogP contribution in [0.2, 0.25) is 0 Å². The zero-order valence-electron chi connectivity index (χ0n) is 37.2. The van der Waals surface area contributed by atoms with E-state index in [4.69, 9.17) is 92.3 Å². The van der Waals surface area contributed by atoms with Gasteiger partial charge in [0.05, 0.1) is 42.7 Å². The van der Waals surface area contributed by atoms with E-state index in [1.807, 2.05) is 62.3 Å². The molecule has 0 spiro atoms. The highest BCUT2D eigenvalue weighted by atomic mass is 35.6. The Balaban J connectivity index is 1.59. The van der Waals surface area contributed by atoms with Gasteiger partial charge in [0.15, 0.2) is 37.2 Å². The van der Waals surface area contributed by atoms with Gasteiger partial charge in [-0.3, -0.25) is 19.8 Å². The minimum absolute atomic E-state index is 0.0551. The molecule has 0 aromatic carbocycles. The monoisotopic (exact) mass is 915 g/mol. The summed E-state index contributed by atoms with van der Waals surface area (Å²) in [6.45, 7) is 23.7. The number of ether oxygens (including phenoxy) is 11. The molecule has 4 heterocycles. The van der Waals surface area contributed by atoms with Crippen LogP contribution in [0, 0.1) is 40.9 Å². The lowest BCUT2D eigenvalue weighted by atomic mass is 9.82. The lowest BCUT2D eigenvalue weighted by molar-refractivity contribution is -0.371. The van der Waals surface area contributed by atoms with Crippen LogP contribution >= 0.6 is 34.8 Å². The summed E-state index contributed by atoms with van der Waals surface area (Å²) in [7, 11) is 0. The Labute approximate surface area is 370 Å². The lowest BCUT2D eigenvalue weighted by Gasteiger charge is -2.51. The molecule has 0 amide bonds. The first-order chi connectivity index (χ1) is 28.1. The van der Waals surface area contributed by atoms with E-state index in [2.05, 4.69) is 6.92 Å². The van der Waals surface area contributed by atoms with E-state index in [1.54, 1.807) is 0 Å². The molecule has 4 aliphatic rings. The summed E-state index contributed by atoms with van der Waals surface area (Å²) in [6, 6.07) is 0. The second-order valence-electron chi connectivity index (χ2n) is 16.9. The summed E-state index contributed by atoms with van der Waals surface area (Å²) in [5, 5.41) is 8.10. The number of hydrogen-bond acceptors (Lipinski definition) is 15. The van der Waals surface area contributed by atoms with Gasteiger partial charge in [-0.2, -0.15) is 0 Å². The second-order valence-corrected chi connectivity index (χ2v) is 19.2. The van der Waals surface area contributed by atoms with Gasteiger partial charge in [-0.05, 0) is 37.5 Å². The predicted octanol–water partition coefficient (Wildman–Crippen LogP) is 7.66. The molecule has 20 atom stereocenters. The predicted molar refractivity (Wildman–Crippen MR) is 221 cm³/mol. The number of alkyl halides is 3. The molecule has 0 radical (unpaired) electrons. The Bertz CT molecular complexity index is 1450. The van der Waals surface area contributed by atoms with Crippen molar-refractivity contribution in [2.75, 3.05) is 0 Å². The average molecular weight is 917 g/mol. The number of esters is 3. The van der Waals surface area contributed by atoms with Crippen molar-refractivity contribution in [2.45, 2.75) is 206 Å². The van der Waals surface area contributed by atoms with E-state index >= 15 is 0 Å². The van der Waals surface area contributed by atoms with Gasteiger partial charge < -0.3 is 52.1 Å². The van der Waals surface area contributed by atoms with Crippen molar-refractivity contribution in [1.29, 1.82) is 5.41 Å². The number of nitrogens with one attached hydrogen (secondary N) is 1. The molecule has 0 aromatic heterocycles. The third-order valence-corrected chi connectivity index (χ3v) is 13.3. The van der Waals surface area contributed by atoms with E-state index in [-0.39, 0.29) is 29.8 Å². The molecule has 60 heavy (non-hydrogen) atoms. The first-order valence-corrected chi connectivity index (χ1v) is 22.6. The van der Waals surface area contributed by atoms with E-state index in [0.29, 0.717) is 19.3 Å². The Kier molecular flexibility index (Phi) is 18.7. The fraction of sp³-hybridized carbons (Fsp3) is 0.905. The number of halogens is 3. The van der Waals surface area contributed by atoms with Gasteiger partial charge in [0, 0.05) is 44.4 Å². The Morgan fingerprint density at radius 3 is 1.08 bits per heavy atom. The van der Waals surface area contributed by atoms with Crippen molar-refractivity contribution < 1.29 is 66.5 Å². The van der Waals surface area contributed by atoms with Crippen molar-refractivity contribution in [3.63, 3.8) is 0 Å². The molecule has 15 nitrogen and oxygen atoms in total. The molecular formula is C42H68Cl3NO14. The zero-order chi connectivity index (χ0) is 45.0. The molecule has 8 unspecified atom stereocenters. The third-order valence-electron chi connectivity index (χ3n) is 12.8. The van der Waals surface area contributed by atoms with Gasteiger partial charge in [0.2, 0.25) is 12.2 Å². The fourth-order valence-electron chi connectivity index (χ4n) is 8.98. The maximum Gasteiger partial charge on any atom is 0.303 e. The molecule has 18 heteroatoms. The van der Waals surface area contributed by atoms with Crippen LogP contribution in [0.1, 0.15) is 116 Å². The summed E-state index contributed by atoms with van der Waals surface area (Å²) in [6.07, 6.45) is -7.76. The molecule has 0 saturated carbocycles. The van der Waals surface area contributed by atoms with Crippen molar-refractivity contribution in [2.24, 2.45) is 35.5 Å². The van der Waals surface area contributed by atoms with E-state index in [0.717, 1.165) is 6.42 Å². The molecule has 0 bridgehead atoms. The summed E-state index contributed by atoms with van der Waals surface area (Å²) < 4.78 is 67.6. The van der Waals surface area contributed by atoms with Crippen LogP contribution in [0.25, 0.3) is 0 Å². The molecule has 1 N–H and O–H groups in total. The molecular weight excluding hydrogens is 849 g/mol. The van der Waals surface area contributed by atoms with Crippen LogP contribution in [0.4, 0.5) is 0 Å². The topological polar surface area (TPSA) is 177 Å². The standard InChI is InChI=1S/C42H68Cl3NO14/c1-14-27-18(5)19(6)34(50-24(11)47)38(53-27)58-32-22(9)36(52-26(13)49)40(56-29(32)16-3)59-33-23(10)35(51-25(12)48)39(55-30(33)17-4)57-31-20(7)21(8)37(54-28(31)15-2)60-41(46)42(43,44)45/h18-23,27-40,46H,14-17H2,1-13H3/t18-,19-,20+,21?,22-,23-,27?,28?,29?,30?,31-,32-,33-,34?,35?,36?,37-,38-,39-,40-/m0/s1. The maximum atomic E-state index is 12.7. The SMILES string of the molecule is CCC1O[C@@H](O[C@@H]2C(CC)O[C@@H](O[C@@H]3C(CC)O[C@@H](O[C@@H]4C(CC)O[C@@H](OC(=N)C(Cl)(Cl)Cl)C(C)[C@H]4C)C(OC(C)=O)[C@H]3C)C(OC(C)=O)[C@H]2C)C(OC(C)=O)[C@@H](C)[C@@H]1C. The normalized spacial score (nSPS) is 42.5. The molecule has 4 saturated heterocycles. The van der Waals surface area contributed by atoms with Gasteiger partial charge in [-0.25, -0.2) is 0 Å². The smallest absolute Gasteiger partial charge is 0.303 e. The number of carbonyl (C=O) groups excluding carboxylic acids is 3. The van der Waals surface area contributed by atoms with Crippen molar-refractivity contribution in [1.82, 2.24) is 0 Å². The molecule has 0 aromatic rings. The van der Waals surface area contributed by atoms with Crippen LogP contribution in [-0.2, 0) is 66.5 Å². The van der Waals surface area contributed by atoms with Gasteiger partial charge in [0.25, 0.3) is 3.79 Å². The van der Waals surface area contributed by atoms with Gasteiger partial charge in [-0.1, -0.05) is 104 Å². The van der Waals surface area contributed by atoms with Crippen molar-refractivity contribution in [3.05, 3.63) is 0 Å². The number of rotatable bonds is 14. The summed E-state index contributed by atoms with van der Waals surface area (Å²) >= 11 is 17.7. The largest absolute Gasteiger partial charge is 0.457 e. The average Bonchev–Trinajstić information content (AvgIpc) is 3.17. The Hall–Kier alpha value is -1.53. The van der Waals surface area contributed by atoms with Gasteiger partial charge >= 0.3 is 17.9 Å². The van der Waals surface area contributed by atoms with Crippen molar-refractivity contribution >= 4 is 58.6 Å². The van der Waals surface area contributed by atoms with E-state index < -0.39 is 120 Å². The van der Waals surface area contributed by atoms with E-state index in [1.165, 1.54) is 20.8 Å². The molecule has 4 rings (SSSR count). The molecule has 4 aliphatic heterocycles. The third kappa shape index (κ3) is 12.0. The molecule has 0 aliphatic carbocycles. The maximum absolute atomic E-state index is 12.7. The Morgan fingerprint density at radius 1 is 0.450 bits per heavy atom. The zero-order valence-corrected chi connectivity index (χ0v) is 39.5. The Morgan fingerprint density at radius 2 is 0.750 bits per heavy atom.